The van der Waals surface area contributed by atoms with Crippen LogP contribution in [0.1, 0.15) is 30.8 Å². The summed E-state index contributed by atoms with van der Waals surface area (Å²) in [6.45, 7) is 3.18. The largest absolute Gasteiger partial charge is 0.308 e. The van der Waals surface area contributed by atoms with Crippen LogP contribution in [0.2, 0.25) is 0 Å². The van der Waals surface area contributed by atoms with Crippen molar-refractivity contribution in [2.45, 2.75) is 25.8 Å². The Morgan fingerprint density at radius 1 is 1.47 bits per heavy atom. The number of rotatable bonds is 6. The van der Waals surface area contributed by atoms with Gasteiger partial charge in [0.05, 0.1) is 22.9 Å². The summed E-state index contributed by atoms with van der Waals surface area (Å²) in [5, 5.41) is 7.73. The summed E-state index contributed by atoms with van der Waals surface area (Å²) >= 11 is 3.31. The molecule has 1 N–H and O–H groups in total. The predicted octanol–water partition coefficient (Wildman–Crippen LogP) is 3.14. The van der Waals surface area contributed by atoms with Crippen LogP contribution in [0.3, 0.4) is 0 Å². The zero-order valence-electron chi connectivity index (χ0n) is 10.7. The second-order valence-electron chi connectivity index (χ2n) is 4.45. The molecule has 3 heterocycles. The highest BCUT2D eigenvalue weighted by molar-refractivity contribution is 7.15. The first-order chi connectivity index (χ1) is 9.36. The lowest BCUT2D eigenvalue weighted by atomic mass is 10.1. The number of nitrogens with one attached hydrogen (secondary N) is 1. The molecular formula is C13H16N4S2. The van der Waals surface area contributed by atoms with Gasteiger partial charge in [0.15, 0.2) is 4.96 Å². The molecule has 4 nitrogen and oxygen atoms in total. The number of hydrogen-bond acceptors (Lipinski definition) is 5. The van der Waals surface area contributed by atoms with Gasteiger partial charge in [0.25, 0.3) is 0 Å². The zero-order chi connectivity index (χ0) is 13.1. The van der Waals surface area contributed by atoms with Gasteiger partial charge >= 0.3 is 0 Å². The molecule has 6 heteroatoms. The van der Waals surface area contributed by atoms with E-state index in [2.05, 4.69) is 43.6 Å². The maximum Gasteiger partial charge on any atom is 0.193 e. The van der Waals surface area contributed by atoms with E-state index >= 15 is 0 Å². The van der Waals surface area contributed by atoms with Crippen molar-refractivity contribution >= 4 is 27.6 Å². The molecule has 0 saturated heterocycles. The minimum Gasteiger partial charge on any atom is -0.308 e. The lowest BCUT2D eigenvalue weighted by Crippen LogP contribution is -2.24. The van der Waals surface area contributed by atoms with Crippen LogP contribution in [-0.4, -0.2) is 20.9 Å². The molecule has 3 rings (SSSR count). The van der Waals surface area contributed by atoms with Gasteiger partial charge in [0, 0.05) is 29.6 Å². The molecule has 1 unspecified atom stereocenters. The first-order valence-corrected chi connectivity index (χ1v) is 8.21. The van der Waals surface area contributed by atoms with E-state index in [0.717, 1.165) is 35.7 Å². The molecule has 3 aromatic rings. The van der Waals surface area contributed by atoms with E-state index in [1.165, 1.54) is 0 Å². The monoisotopic (exact) mass is 292 g/mol. The first kappa shape index (κ1) is 12.8. The van der Waals surface area contributed by atoms with Crippen LogP contribution in [0.15, 0.2) is 28.7 Å². The van der Waals surface area contributed by atoms with E-state index in [1.54, 1.807) is 22.7 Å². The fourth-order valence-corrected chi connectivity index (χ4v) is 3.40. The highest BCUT2D eigenvalue weighted by Crippen LogP contribution is 2.20. The summed E-state index contributed by atoms with van der Waals surface area (Å²) in [6.07, 6.45) is 6.17. The molecule has 0 aromatic carbocycles. The van der Waals surface area contributed by atoms with Crippen molar-refractivity contribution in [2.75, 3.05) is 6.54 Å². The topological polar surface area (TPSA) is 42.2 Å². The van der Waals surface area contributed by atoms with E-state index in [9.17, 15) is 0 Å². The Morgan fingerprint density at radius 3 is 3.16 bits per heavy atom. The van der Waals surface area contributed by atoms with Gasteiger partial charge in [0.1, 0.15) is 0 Å². The maximum atomic E-state index is 4.65. The third-order valence-electron chi connectivity index (χ3n) is 3.01. The third-order valence-corrected chi connectivity index (χ3v) is 4.38. The van der Waals surface area contributed by atoms with Crippen molar-refractivity contribution < 1.29 is 0 Å². The molecule has 0 amide bonds. The summed E-state index contributed by atoms with van der Waals surface area (Å²) in [5.74, 6) is 0. The molecule has 100 valence electrons. The van der Waals surface area contributed by atoms with Crippen molar-refractivity contribution in [1.82, 2.24) is 19.7 Å². The molecule has 0 radical (unpaired) electrons. The smallest absolute Gasteiger partial charge is 0.193 e. The van der Waals surface area contributed by atoms with E-state index in [0.29, 0.717) is 0 Å². The van der Waals surface area contributed by atoms with Gasteiger partial charge < -0.3 is 5.32 Å². The van der Waals surface area contributed by atoms with Crippen LogP contribution < -0.4 is 5.32 Å². The van der Waals surface area contributed by atoms with Crippen LogP contribution in [0.25, 0.3) is 4.96 Å². The Bertz CT molecular complexity index is 597. The van der Waals surface area contributed by atoms with E-state index < -0.39 is 0 Å². The zero-order valence-corrected chi connectivity index (χ0v) is 12.4. The quantitative estimate of drug-likeness (QED) is 0.759. The van der Waals surface area contributed by atoms with Crippen LogP contribution in [0.5, 0.6) is 0 Å². The molecule has 0 spiro atoms. The van der Waals surface area contributed by atoms with Crippen molar-refractivity contribution in [3.63, 3.8) is 0 Å². The highest BCUT2D eigenvalue weighted by Gasteiger charge is 2.15. The fraction of sp³-hybridized carbons (Fsp3) is 0.385. The van der Waals surface area contributed by atoms with Crippen LogP contribution in [0, 0.1) is 0 Å². The summed E-state index contributed by atoms with van der Waals surface area (Å²) in [5.41, 5.74) is 4.13. The lowest BCUT2D eigenvalue weighted by molar-refractivity contribution is 0.516. The third kappa shape index (κ3) is 2.86. The molecule has 0 aliphatic carbocycles. The average Bonchev–Trinajstić information content (AvgIpc) is 3.09. The number of fused-ring (bicyclic) bond motifs is 1. The predicted molar refractivity (Wildman–Crippen MR) is 79.9 cm³/mol. The Kier molecular flexibility index (Phi) is 3.91. The van der Waals surface area contributed by atoms with Crippen LogP contribution in [-0.2, 0) is 6.42 Å². The molecule has 0 fully saturated rings. The van der Waals surface area contributed by atoms with E-state index in [1.807, 2.05) is 11.7 Å². The van der Waals surface area contributed by atoms with Crippen molar-refractivity contribution in [3.8, 4) is 0 Å². The summed E-state index contributed by atoms with van der Waals surface area (Å²) in [7, 11) is 0. The summed E-state index contributed by atoms with van der Waals surface area (Å²) < 4.78 is 2.08. The average molecular weight is 292 g/mol. The minimum atomic E-state index is 0.260. The Balaban J connectivity index is 1.78. The normalized spacial score (nSPS) is 13.1. The molecule has 0 bridgehead atoms. The summed E-state index contributed by atoms with van der Waals surface area (Å²) in [6, 6.07) is 0.260. The number of aromatic nitrogens is 3. The van der Waals surface area contributed by atoms with Crippen molar-refractivity contribution in [2.24, 2.45) is 0 Å². The standard InChI is InChI=1S/C13H16N4S2/c1-2-3-14-11(12-8-18-9-15-12)6-10-7-17-4-5-19-13(17)16-10/h4-5,7-9,11,14H,2-3,6H2,1H3. The maximum absolute atomic E-state index is 4.65. The second kappa shape index (κ2) is 5.81. The van der Waals surface area contributed by atoms with Crippen molar-refractivity contribution in [3.05, 3.63) is 40.1 Å². The molecule has 19 heavy (non-hydrogen) atoms. The lowest BCUT2D eigenvalue weighted by Gasteiger charge is -2.15. The molecule has 1 atom stereocenters. The van der Waals surface area contributed by atoms with Crippen LogP contribution >= 0.6 is 22.7 Å². The van der Waals surface area contributed by atoms with Gasteiger partial charge in [-0.25, -0.2) is 9.97 Å². The van der Waals surface area contributed by atoms with Crippen LogP contribution in [0.4, 0.5) is 0 Å². The van der Waals surface area contributed by atoms with Crippen molar-refractivity contribution in [1.29, 1.82) is 0 Å². The number of imidazole rings is 1. The van der Waals surface area contributed by atoms with Gasteiger partial charge in [-0.2, -0.15) is 0 Å². The molecule has 0 aliphatic heterocycles. The van der Waals surface area contributed by atoms with Gasteiger partial charge in [0.2, 0.25) is 0 Å². The van der Waals surface area contributed by atoms with E-state index in [-0.39, 0.29) is 6.04 Å². The Hall–Kier alpha value is -1.24. The molecule has 3 aromatic heterocycles. The number of hydrogen-bond donors (Lipinski definition) is 1. The van der Waals surface area contributed by atoms with Gasteiger partial charge in [-0.15, -0.1) is 22.7 Å². The summed E-state index contributed by atoms with van der Waals surface area (Å²) in [4.78, 5) is 10.1. The molecular weight excluding hydrogens is 276 g/mol. The molecule has 0 aliphatic rings. The minimum absolute atomic E-state index is 0.260. The first-order valence-electron chi connectivity index (χ1n) is 6.39. The number of thiazole rings is 2. The highest BCUT2D eigenvalue weighted by atomic mass is 32.1. The Labute approximate surface area is 120 Å². The SMILES string of the molecule is CCCNC(Cc1cn2ccsc2n1)c1cscn1. The van der Waals surface area contributed by atoms with E-state index in [4.69, 9.17) is 0 Å². The fourth-order valence-electron chi connectivity index (χ4n) is 2.08. The van der Waals surface area contributed by atoms with Gasteiger partial charge in [-0.3, -0.25) is 4.40 Å². The second-order valence-corrected chi connectivity index (χ2v) is 6.04. The molecule has 0 saturated carbocycles. The Morgan fingerprint density at radius 2 is 2.42 bits per heavy atom. The van der Waals surface area contributed by atoms with Gasteiger partial charge in [-0.05, 0) is 13.0 Å². The number of nitrogens with zero attached hydrogens (tertiary/aromatic N) is 3. The van der Waals surface area contributed by atoms with Gasteiger partial charge in [-0.1, -0.05) is 6.92 Å².